The Morgan fingerprint density at radius 3 is 2.92 bits per heavy atom. The molecule has 4 rings (SSSR count). The van der Waals surface area contributed by atoms with E-state index >= 15 is 0 Å². The Bertz CT molecular complexity index is 898. The lowest BCUT2D eigenvalue weighted by Crippen LogP contribution is -2.39. The van der Waals surface area contributed by atoms with Gasteiger partial charge in [0.1, 0.15) is 11.8 Å². The Hall–Kier alpha value is -3.22. The van der Waals surface area contributed by atoms with Crippen LogP contribution in [0.15, 0.2) is 42.5 Å². The summed E-state index contributed by atoms with van der Waals surface area (Å²) in [6, 6.07) is 12.1. The van der Waals surface area contributed by atoms with Crippen LogP contribution in [0.4, 0.5) is 17.1 Å². The van der Waals surface area contributed by atoms with Crippen LogP contribution in [0.1, 0.15) is 12.0 Å². The van der Waals surface area contributed by atoms with Crippen molar-refractivity contribution in [1.29, 1.82) is 0 Å². The van der Waals surface area contributed by atoms with Crippen LogP contribution >= 0.6 is 0 Å². The molecule has 2 aromatic carbocycles. The van der Waals surface area contributed by atoms with E-state index in [9.17, 15) is 9.59 Å². The van der Waals surface area contributed by atoms with Crippen molar-refractivity contribution in [2.75, 3.05) is 30.0 Å². The number of ether oxygens (including phenoxy) is 1. The quantitative estimate of drug-likeness (QED) is 0.626. The fourth-order valence-electron chi connectivity index (χ4n) is 3.76. The van der Waals surface area contributed by atoms with Gasteiger partial charge in [-0.3, -0.25) is 9.59 Å². The van der Waals surface area contributed by atoms with Gasteiger partial charge in [0.25, 0.3) is 0 Å². The maximum atomic E-state index is 12.7. The Balaban J connectivity index is 1.56. The average Bonchev–Trinajstić information content (AvgIpc) is 3.19. The lowest BCUT2D eigenvalue weighted by Gasteiger charge is -2.19. The highest BCUT2D eigenvalue weighted by Crippen LogP contribution is 2.43. The van der Waals surface area contributed by atoms with Gasteiger partial charge in [-0.2, -0.15) is 0 Å². The number of para-hydroxylation sites is 1. The van der Waals surface area contributed by atoms with E-state index in [0.29, 0.717) is 30.1 Å². The van der Waals surface area contributed by atoms with Crippen molar-refractivity contribution in [3.8, 4) is 5.75 Å². The Morgan fingerprint density at radius 1 is 1.31 bits per heavy atom. The number of anilines is 3. The highest BCUT2D eigenvalue weighted by Gasteiger charge is 2.53. The lowest BCUT2D eigenvalue weighted by atomic mass is 9.79. The molecule has 0 radical (unpaired) electrons. The second kappa shape index (κ2) is 5.94. The van der Waals surface area contributed by atoms with Gasteiger partial charge in [-0.05, 0) is 30.2 Å². The Labute approximate surface area is 150 Å². The molecule has 7 nitrogen and oxygen atoms in total. The third kappa shape index (κ3) is 2.44. The summed E-state index contributed by atoms with van der Waals surface area (Å²) in [6.07, 6.45) is 0.402. The second-order valence-electron chi connectivity index (χ2n) is 6.66. The summed E-state index contributed by atoms with van der Waals surface area (Å²) >= 11 is 0. The number of hydrogen-bond acceptors (Lipinski definition) is 5. The second-order valence-corrected chi connectivity index (χ2v) is 6.66. The van der Waals surface area contributed by atoms with Crippen LogP contribution in [0, 0.1) is 0 Å². The van der Waals surface area contributed by atoms with E-state index in [1.54, 1.807) is 18.2 Å². The van der Waals surface area contributed by atoms with Gasteiger partial charge >= 0.3 is 0 Å². The van der Waals surface area contributed by atoms with Gasteiger partial charge in [0.05, 0.1) is 18.2 Å². The smallest absolute Gasteiger partial charge is 0.247 e. The zero-order valence-electron chi connectivity index (χ0n) is 14.3. The van der Waals surface area contributed by atoms with Crippen LogP contribution in [0.2, 0.25) is 0 Å². The molecule has 2 heterocycles. The van der Waals surface area contributed by atoms with Crippen LogP contribution in [-0.2, 0) is 15.0 Å². The first kappa shape index (κ1) is 16.3. The molecule has 26 heavy (non-hydrogen) atoms. The zero-order chi connectivity index (χ0) is 18.3. The first-order valence-corrected chi connectivity index (χ1v) is 8.42. The van der Waals surface area contributed by atoms with Gasteiger partial charge in [0.15, 0.2) is 0 Å². The van der Waals surface area contributed by atoms with Crippen molar-refractivity contribution in [2.45, 2.75) is 17.9 Å². The molecule has 1 saturated heterocycles. The molecular formula is C19H20N4O3. The van der Waals surface area contributed by atoms with E-state index in [0.717, 1.165) is 11.3 Å². The molecule has 2 amide bonds. The molecule has 0 aliphatic carbocycles. The largest absolute Gasteiger partial charge is 0.494 e. The summed E-state index contributed by atoms with van der Waals surface area (Å²) in [5.41, 5.74) is 7.99. The maximum absolute atomic E-state index is 12.7. The minimum Gasteiger partial charge on any atom is -0.494 e. The number of amides is 2. The van der Waals surface area contributed by atoms with E-state index in [1.807, 2.05) is 24.3 Å². The highest BCUT2D eigenvalue weighted by atomic mass is 16.5. The average molecular weight is 352 g/mol. The number of nitrogen functional groups attached to an aromatic ring is 1. The summed E-state index contributed by atoms with van der Waals surface area (Å²) < 4.78 is 5.26. The number of carbonyl (C=O) groups is 2. The molecule has 0 saturated carbocycles. The fourth-order valence-corrected chi connectivity index (χ4v) is 3.76. The van der Waals surface area contributed by atoms with Crippen molar-refractivity contribution < 1.29 is 14.3 Å². The van der Waals surface area contributed by atoms with Crippen molar-refractivity contribution >= 4 is 28.9 Å². The zero-order valence-corrected chi connectivity index (χ0v) is 14.3. The number of benzene rings is 2. The van der Waals surface area contributed by atoms with Crippen LogP contribution < -0.4 is 26.4 Å². The molecule has 2 unspecified atom stereocenters. The number of nitrogens with two attached hydrogens (primary N) is 1. The molecule has 0 aromatic heterocycles. The molecule has 2 aromatic rings. The molecule has 134 valence electrons. The van der Waals surface area contributed by atoms with E-state index in [-0.39, 0.29) is 11.8 Å². The van der Waals surface area contributed by atoms with E-state index in [2.05, 4.69) is 16.0 Å². The number of methoxy groups -OCH3 is 1. The van der Waals surface area contributed by atoms with E-state index < -0.39 is 11.5 Å². The van der Waals surface area contributed by atoms with Crippen LogP contribution in [-0.4, -0.2) is 31.5 Å². The first-order valence-electron chi connectivity index (χ1n) is 8.42. The molecule has 1 fully saturated rings. The van der Waals surface area contributed by atoms with Crippen LogP contribution in [0.25, 0.3) is 0 Å². The van der Waals surface area contributed by atoms with Crippen molar-refractivity contribution in [3.63, 3.8) is 0 Å². The standard InChI is InChI=1S/C19H20N4O3/c1-26-16-8-11(20)6-7-14(16)22-17(24)15-9-19(18(25)23-15)10-21-13-5-3-2-4-12(13)19/h2-8,15,21H,9-10,20H2,1H3,(H,22,24)(H,23,25). The maximum Gasteiger partial charge on any atom is 0.247 e. The van der Waals surface area contributed by atoms with E-state index in [4.69, 9.17) is 10.5 Å². The third-order valence-corrected chi connectivity index (χ3v) is 5.12. The normalized spacial score (nSPS) is 23.3. The van der Waals surface area contributed by atoms with E-state index in [1.165, 1.54) is 7.11 Å². The van der Waals surface area contributed by atoms with Gasteiger partial charge in [-0.25, -0.2) is 0 Å². The minimum atomic E-state index is -0.705. The molecule has 2 aliphatic rings. The summed E-state index contributed by atoms with van der Waals surface area (Å²) in [7, 11) is 1.51. The SMILES string of the molecule is COc1cc(N)ccc1NC(=O)C1CC2(CNc3ccccc32)C(=O)N1. The highest BCUT2D eigenvalue weighted by molar-refractivity contribution is 6.04. The van der Waals surface area contributed by atoms with Gasteiger partial charge in [0.2, 0.25) is 11.8 Å². The molecule has 7 heteroatoms. The van der Waals surface area contributed by atoms with Gasteiger partial charge in [-0.1, -0.05) is 18.2 Å². The number of fused-ring (bicyclic) bond motifs is 2. The predicted molar refractivity (Wildman–Crippen MR) is 99.2 cm³/mol. The lowest BCUT2D eigenvalue weighted by molar-refractivity contribution is -0.125. The summed E-state index contributed by atoms with van der Waals surface area (Å²) in [4.78, 5) is 25.5. The number of hydrogen-bond donors (Lipinski definition) is 4. The minimum absolute atomic E-state index is 0.126. The Kier molecular flexibility index (Phi) is 3.72. The predicted octanol–water partition coefficient (Wildman–Crippen LogP) is 1.47. The number of rotatable bonds is 3. The van der Waals surface area contributed by atoms with Crippen LogP contribution in [0.5, 0.6) is 5.75 Å². The monoisotopic (exact) mass is 352 g/mol. The summed E-state index contributed by atoms with van der Waals surface area (Å²) in [5.74, 6) is 0.0762. The molecule has 0 bridgehead atoms. The summed E-state index contributed by atoms with van der Waals surface area (Å²) in [6.45, 7) is 0.493. The Morgan fingerprint density at radius 2 is 2.12 bits per heavy atom. The summed E-state index contributed by atoms with van der Waals surface area (Å²) in [5, 5.41) is 8.94. The molecular weight excluding hydrogens is 332 g/mol. The molecule has 1 spiro atoms. The van der Waals surface area contributed by atoms with Crippen molar-refractivity contribution in [2.24, 2.45) is 0 Å². The number of nitrogens with one attached hydrogen (secondary N) is 3. The molecule has 2 aliphatic heterocycles. The number of carbonyl (C=O) groups excluding carboxylic acids is 2. The molecule has 5 N–H and O–H groups in total. The topological polar surface area (TPSA) is 105 Å². The van der Waals surface area contributed by atoms with Crippen molar-refractivity contribution in [3.05, 3.63) is 48.0 Å². The van der Waals surface area contributed by atoms with Gasteiger partial charge in [0, 0.05) is 24.0 Å². The van der Waals surface area contributed by atoms with Gasteiger partial charge < -0.3 is 26.4 Å². The molecule has 2 atom stereocenters. The fraction of sp³-hybridized carbons (Fsp3) is 0.263. The van der Waals surface area contributed by atoms with Gasteiger partial charge in [-0.15, -0.1) is 0 Å². The van der Waals surface area contributed by atoms with Crippen molar-refractivity contribution in [1.82, 2.24) is 5.32 Å². The first-order chi connectivity index (χ1) is 12.5. The van der Waals surface area contributed by atoms with Crippen LogP contribution in [0.3, 0.4) is 0 Å². The third-order valence-electron chi connectivity index (χ3n) is 5.12.